The third kappa shape index (κ3) is 8.45. The Hall–Kier alpha value is -3.09. The molecule has 1 heterocycles. The summed E-state index contributed by atoms with van der Waals surface area (Å²) in [6.45, 7) is 2.55. The number of amides is 2. The number of aliphatic hydroxyl groups is 1. The third-order valence-corrected chi connectivity index (χ3v) is 7.31. The average Bonchev–Trinajstić information content (AvgIpc) is 3.34. The summed E-state index contributed by atoms with van der Waals surface area (Å²) in [6, 6.07) is 12.2. The molecule has 210 valence electrons. The molecule has 0 aliphatic rings. The van der Waals surface area contributed by atoms with E-state index in [4.69, 9.17) is 23.2 Å². The second-order valence-electron chi connectivity index (χ2n) is 8.01. The van der Waals surface area contributed by atoms with Gasteiger partial charge in [0.25, 0.3) is 11.8 Å². The molecule has 0 bridgehead atoms. The van der Waals surface area contributed by atoms with Crippen molar-refractivity contribution in [1.82, 2.24) is 10.3 Å². The normalized spacial score (nSPS) is 12.3. The van der Waals surface area contributed by atoms with Crippen molar-refractivity contribution in [3.63, 3.8) is 0 Å². The maximum absolute atomic E-state index is 13.4. The van der Waals surface area contributed by atoms with Crippen molar-refractivity contribution >= 4 is 63.1 Å². The highest BCUT2D eigenvalue weighted by atomic mass is 35.5. The lowest BCUT2D eigenvalue weighted by atomic mass is 10.1. The highest BCUT2D eigenvalue weighted by molar-refractivity contribution is 7.98. The third-order valence-electron chi connectivity index (χ3n) is 5.21. The fourth-order valence-electron chi connectivity index (χ4n) is 3.36. The predicted octanol–water partition coefficient (Wildman–Crippen LogP) is 7.21. The Labute approximate surface area is 246 Å². The number of thiazole rings is 1. The van der Waals surface area contributed by atoms with Gasteiger partial charge in [0.15, 0.2) is 5.69 Å². The van der Waals surface area contributed by atoms with E-state index in [-0.39, 0.29) is 31.9 Å². The van der Waals surface area contributed by atoms with Crippen LogP contribution in [0.15, 0.2) is 87.8 Å². The van der Waals surface area contributed by atoms with Crippen LogP contribution in [0.2, 0.25) is 0 Å². The van der Waals surface area contributed by atoms with Gasteiger partial charge in [0, 0.05) is 32.6 Å². The number of rotatable bonds is 10. The van der Waals surface area contributed by atoms with Crippen molar-refractivity contribution in [3.8, 4) is 10.6 Å². The quantitative estimate of drug-likeness (QED) is 0.125. The van der Waals surface area contributed by atoms with Gasteiger partial charge in [-0.2, -0.15) is 13.2 Å². The summed E-state index contributed by atoms with van der Waals surface area (Å²) in [7, 11) is 0. The fraction of sp³-hybridized carbons (Fsp3) is 0.148. The number of allylic oxidation sites excluding steroid dienone is 2. The van der Waals surface area contributed by atoms with E-state index in [1.165, 1.54) is 42.1 Å². The smallest absolute Gasteiger partial charge is 0.391 e. The topological polar surface area (TPSA) is 91.3 Å². The molecule has 1 aromatic heterocycles. The minimum Gasteiger partial charge on any atom is -0.391 e. The SMILES string of the molecule is C=C(Cl)/C=C(\C=C(\Cl)CO)C(=O)Nc1sc(-c2ccc(SC)cc2)nc1C(=O)NCc1ccccc1C(F)(F)F. The number of thioether (sulfide) groups is 1. The molecule has 2 aromatic carbocycles. The van der Waals surface area contributed by atoms with E-state index in [0.29, 0.717) is 10.6 Å². The predicted molar refractivity (Wildman–Crippen MR) is 155 cm³/mol. The molecule has 0 aliphatic carbocycles. The number of aromatic nitrogens is 1. The first-order valence-electron chi connectivity index (χ1n) is 11.4. The van der Waals surface area contributed by atoms with Crippen LogP contribution in [0.25, 0.3) is 10.6 Å². The van der Waals surface area contributed by atoms with E-state index in [2.05, 4.69) is 22.2 Å². The lowest BCUT2D eigenvalue weighted by Crippen LogP contribution is -2.26. The van der Waals surface area contributed by atoms with Gasteiger partial charge in [0.1, 0.15) is 10.0 Å². The largest absolute Gasteiger partial charge is 0.416 e. The standard InChI is InChI=1S/C27H22Cl2F3N3O3S2/c1-15(28)11-18(12-19(29)14-36)23(37)35-26-22(34-25(40-26)16-7-9-20(39-2)10-8-16)24(38)33-13-17-5-3-4-6-21(17)27(30,31)32/h3-12,36H,1,13-14H2,2H3,(H,33,38)(H,35,37)/b18-11+,19-12+. The van der Waals surface area contributed by atoms with E-state index < -0.39 is 36.7 Å². The zero-order chi connectivity index (χ0) is 29.4. The number of benzene rings is 2. The van der Waals surface area contributed by atoms with Crippen molar-refractivity contribution in [1.29, 1.82) is 0 Å². The first-order valence-corrected chi connectivity index (χ1v) is 14.2. The molecule has 0 saturated heterocycles. The first kappa shape index (κ1) is 31.4. The number of anilines is 1. The highest BCUT2D eigenvalue weighted by Gasteiger charge is 2.33. The maximum atomic E-state index is 13.4. The van der Waals surface area contributed by atoms with E-state index >= 15 is 0 Å². The van der Waals surface area contributed by atoms with Gasteiger partial charge in [0.2, 0.25) is 0 Å². The Morgan fingerprint density at radius 2 is 1.80 bits per heavy atom. The van der Waals surface area contributed by atoms with Crippen molar-refractivity contribution in [2.75, 3.05) is 18.2 Å². The van der Waals surface area contributed by atoms with Gasteiger partial charge in [-0.15, -0.1) is 11.8 Å². The molecule has 13 heteroatoms. The Morgan fingerprint density at radius 3 is 2.40 bits per heavy atom. The van der Waals surface area contributed by atoms with Gasteiger partial charge in [-0.3, -0.25) is 9.59 Å². The number of nitrogens with one attached hydrogen (secondary N) is 2. The van der Waals surface area contributed by atoms with Gasteiger partial charge in [-0.25, -0.2) is 4.98 Å². The molecule has 3 aromatic rings. The maximum Gasteiger partial charge on any atom is 0.416 e. The molecule has 0 aliphatic heterocycles. The van der Waals surface area contributed by atoms with Crippen LogP contribution >= 0.6 is 46.3 Å². The summed E-state index contributed by atoms with van der Waals surface area (Å²) in [4.78, 5) is 31.7. The van der Waals surface area contributed by atoms with Crippen LogP contribution < -0.4 is 10.6 Å². The zero-order valence-corrected chi connectivity index (χ0v) is 24.0. The van der Waals surface area contributed by atoms with E-state index in [1.807, 2.05) is 18.4 Å². The Morgan fingerprint density at radius 1 is 1.12 bits per heavy atom. The molecule has 0 atom stereocenters. The first-order chi connectivity index (χ1) is 18.9. The van der Waals surface area contributed by atoms with E-state index in [0.717, 1.165) is 22.3 Å². The lowest BCUT2D eigenvalue weighted by Gasteiger charge is -2.13. The van der Waals surface area contributed by atoms with Crippen LogP contribution in [-0.4, -0.2) is 34.8 Å². The molecule has 0 spiro atoms. The number of hydrogen-bond donors (Lipinski definition) is 3. The molecular formula is C27H22Cl2F3N3O3S2. The molecule has 3 rings (SSSR count). The molecule has 40 heavy (non-hydrogen) atoms. The van der Waals surface area contributed by atoms with Crippen molar-refractivity contribution in [2.24, 2.45) is 0 Å². The minimum absolute atomic E-state index is 0.00369. The van der Waals surface area contributed by atoms with E-state index in [9.17, 15) is 27.9 Å². The zero-order valence-electron chi connectivity index (χ0n) is 20.8. The second kappa shape index (κ2) is 14.0. The summed E-state index contributed by atoms with van der Waals surface area (Å²) in [6.07, 6.45) is -0.285. The summed E-state index contributed by atoms with van der Waals surface area (Å²) in [5.41, 5.74) is -0.614. The molecule has 0 radical (unpaired) electrons. The Kier molecular flexibility index (Phi) is 11.0. The molecule has 3 N–H and O–H groups in total. The number of nitrogens with zero attached hydrogens (tertiary/aromatic N) is 1. The molecule has 6 nitrogen and oxygen atoms in total. The Balaban J connectivity index is 1.98. The number of hydrogen-bond acceptors (Lipinski definition) is 6. The number of alkyl halides is 3. The average molecular weight is 629 g/mol. The molecule has 0 unspecified atom stereocenters. The monoisotopic (exact) mass is 627 g/mol. The molecule has 0 saturated carbocycles. The van der Waals surface area contributed by atoms with Crippen molar-refractivity contribution in [3.05, 3.63) is 99.7 Å². The van der Waals surface area contributed by atoms with Crippen LogP contribution in [0, 0.1) is 0 Å². The van der Waals surface area contributed by atoms with Crippen LogP contribution in [-0.2, 0) is 17.5 Å². The molecular weight excluding hydrogens is 606 g/mol. The number of halogens is 5. The minimum atomic E-state index is -4.60. The summed E-state index contributed by atoms with van der Waals surface area (Å²) in [5.74, 6) is -1.54. The van der Waals surface area contributed by atoms with Crippen LogP contribution in [0.3, 0.4) is 0 Å². The van der Waals surface area contributed by atoms with Crippen LogP contribution in [0.4, 0.5) is 18.2 Å². The number of carbonyl (C=O) groups is 2. The van der Waals surface area contributed by atoms with Gasteiger partial charge < -0.3 is 15.7 Å². The number of aliphatic hydroxyl groups excluding tert-OH is 1. The fourth-order valence-corrected chi connectivity index (χ4v) is 4.96. The lowest BCUT2D eigenvalue weighted by molar-refractivity contribution is -0.138. The van der Waals surface area contributed by atoms with Gasteiger partial charge in [-0.05, 0) is 42.2 Å². The highest BCUT2D eigenvalue weighted by Crippen LogP contribution is 2.34. The van der Waals surface area contributed by atoms with Gasteiger partial charge in [0.05, 0.1) is 12.2 Å². The summed E-state index contributed by atoms with van der Waals surface area (Å²) in [5, 5.41) is 14.7. The van der Waals surface area contributed by atoms with Crippen molar-refractivity contribution < 1.29 is 27.9 Å². The summed E-state index contributed by atoms with van der Waals surface area (Å²) >= 11 is 14.3. The van der Waals surface area contributed by atoms with E-state index in [1.54, 1.807) is 12.1 Å². The van der Waals surface area contributed by atoms with Gasteiger partial charge in [-0.1, -0.05) is 71.4 Å². The van der Waals surface area contributed by atoms with Crippen molar-refractivity contribution in [2.45, 2.75) is 17.6 Å². The summed E-state index contributed by atoms with van der Waals surface area (Å²) < 4.78 is 40.2. The van der Waals surface area contributed by atoms with Crippen LogP contribution in [0.1, 0.15) is 21.6 Å². The Bertz CT molecular complexity index is 1470. The van der Waals surface area contributed by atoms with Gasteiger partial charge >= 0.3 is 6.18 Å². The molecule has 0 fully saturated rings. The number of carbonyl (C=O) groups excluding carboxylic acids is 2. The molecule has 2 amide bonds. The van der Waals surface area contributed by atoms with Crippen LogP contribution in [0.5, 0.6) is 0 Å². The second-order valence-corrected chi connectivity index (χ2v) is 10.9.